The first-order valence-electron chi connectivity index (χ1n) is 10.5. The van der Waals surface area contributed by atoms with Gasteiger partial charge in [-0.25, -0.2) is 0 Å². The Morgan fingerprint density at radius 2 is 1.71 bits per heavy atom. The molecule has 0 saturated heterocycles. The summed E-state index contributed by atoms with van der Waals surface area (Å²) in [6, 6.07) is 13.1. The van der Waals surface area contributed by atoms with Crippen molar-refractivity contribution in [3.8, 4) is 0 Å². The molecular weight excluding hydrogens is 451 g/mol. The molecule has 2 aromatic carbocycles. The van der Waals surface area contributed by atoms with Crippen LogP contribution in [0.4, 0.5) is 0 Å². The lowest BCUT2D eigenvalue weighted by molar-refractivity contribution is -0.139. The molecule has 2 aromatic rings. The van der Waals surface area contributed by atoms with Gasteiger partial charge in [0, 0.05) is 18.8 Å². The number of rotatable bonds is 11. The standard InChI is InChI=1S/C24H30Cl2N2O2S/c1-4-12-27-24(30)22(5-2)28(14-19-10-11-20(25)21(26)13-19)23(29)16-31-15-18-8-6-17(3)7-9-18/h6-11,13,22H,4-5,12,14-16H2,1-3H3,(H,27,30). The van der Waals surface area contributed by atoms with Gasteiger partial charge >= 0.3 is 0 Å². The molecule has 2 amide bonds. The summed E-state index contributed by atoms with van der Waals surface area (Å²) in [5.41, 5.74) is 3.22. The summed E-state index contributed by atoms with van der Waals surface area (Å²) in [4.78, 5) is 27.6. The molecule has 4 nitrogen and oxygen atoms in total. The number of thioether (sulfide) groups is 1. The molecule has 0 aliphatic heterocycles. The lowest BCUT2D eigenvalue weighted by Crippen LogP contribution is -2.49. The Kier molecular flexibility index (Phi) is 10.7. The molecule has 0 aliphatic rings. The van der Waals surface area contributed by atoms with Crippen LogP contribution >= 0.6 is 35.0 Å². The van der Waals surface area contributed by atoms with Crippen LogP contribution in [0.15, 0.2) is 42.5 Å². The van der Waals surface area contributed by atoms with E-state index in [-0.39, 0.29) is 11.8 Å². The van der Waals surface area contributed by atoms with E-state index in [1.54, 1.807) is 28.8 Å². The molecule has 0 spiro atoms. The molecule has 1 unspecified atom stereocenters. The van der Waals surface area contributed by atoms with Gasteiger partial charge in [0.05, 0.1) is 15.8 Å². The van der Waals surface area contributed by atoms with E-state index in [9.17, 15) is 9.59 Å². The fourth-order valence-electron chi connectivity index (χ4n) is 3.14. The maximum Gasteiger partial charge on any atom is 0.242 e. The highest BCUT2D eigenvalue weighted by molar-refractivity contribution is 7.99. The van der Waals surface area contributed by atoms with Gasteiger partial charge in [-0.3, -0.25) is 9.59 Å². The second-order valence-electron chi connectivity index (χ2n) is 7.46. The smallest absolute Gasteiger partial charge is 0.242 e. The second-order valence-corrected chi connectivity index (χ2v) is 9.26. The fourth-order valence-corrected chi connectivity index (χ4v) is 4.33. The third-order valence-corrected chi connectivity index (χ3v) is 6.61. The number of hydrogen-bond donors (Lipinski definition) is 1. The van der Waals surface area contributed by atoms with Crippen molar-refractivity contribution in [1.82, 2.24) is 10.2 Å². The Balaban J connectivity index is 2.13. The van der Waals surface area contributed by atoms with Gasteiger partial charge in [0.25, 0.3) is 0 Å². The van der Waals surface area contributed by atoms with Crippen LogP contribution in [-0.4, -0.2) is 35.1 Å². The van der Waals surface area contributed by atoms with Crippen molar-refractivity contribution in [3.05, 3.63) is 69.2 Å². The average Bonchev–Trinajstić information content (AvgIpc) is 2.75. The SMILES string of the molecule is CCCNC(=O)C(CC)N(Cc1ccc(Cl)c(Cl)c1)C(=O)CSCc1ccc(C)cc1. The zero-order valence-corrected chi connectivity index (χ0v) is 20.6. The van der Waals surface area contributed by atoms with Crippen LogP contribution in [0.25, 0.3) is 0 Å². The highest BCUT2D eigenvalue weighted by Crippen LogP contribution is 2.24. The molecule has 1 N–H and O–H groups in total. The zero-order chi connectivity index (χ0) is 22.8. The summed E-state index contributed by atoms with van der Waals surface area (Å²) in [5, 5.41) is 3.82. The minimum atomic E-state index is -0.534. The van der Waals surface area contributed by atoms with Crippen molar-refractivity contribution < 1.29 is 9.59 Å². The molecule has 2 rings (SSSR count). The quantitative estimate of drug-likeness (QED) is 0.437. The van der Waals surface area contributed by atoms with E-state index in [2.05, 4.69) is 36.5 Å². The van der Waals surface area contributed by atoms with Crippen molar-refractivity contribution in [2.45, 2.75) is 52.0 Å². The maximum absolute atomic E-state index is 13.2. The second kappa shape index (κ2) is 13.0. The number of halogens is 2. The first kappa shape index (κ1) is 25.6. The molecule has 0 bridgehead atoms. The van der Waals surface area contributed by atoms with Gasteiger partial charge in [-0.05, 0) is 43.0 Å². The molecule has 0 heterocycles. The van der Waals surface area contributed by atoms with Crippen LogP contribution < -0.4 is 5.32 Å². The Morgan fingerprint density at radius 3 is 2.32 bits per heavy atom. The van der Waals surface area contributed by atoms with Crippen molar-refractivity contribution >= 4 is 46.8 Å². The predicted molar refractivity (Wildman–Crippen MR) is 132 cm³/mol. The zero-order valence-electron chi connectivity index (χ0n) is 18.3. The minimum absolute atomic E-state index is 0.0679. The Hall–Kier alpha value is -1.69. The van der Waals surface area contributed by atoms with E-state index in [1.165, 1.54) is 11.1 Å². The topological polar surface area (TPSA) is 49.4 Å². The number of amides is 2. The highest BCUT2D eigenvalue weighted by Gasteiger charge is 2.28. The average molecular weight is 481 g/mol. The maximum atomic E-state index is 13.2. The number of benzene rings is 2. The normalized spacial score (nSPS) is 11.8. The van der Waals surface area contributed by atoms with Gasteiger partial charge in [0.15, 0.2) is 0 Å². The number of aryl methyl sites for hydroxylation is 1. The number of nitrogens with zero attached hydrogens (tertiary/aromatic N) is 1. The third kappa shape index (κ3) is 8.06. The molecule has 0 fully saturated rings. The first-order valence-corrected chi connectivity index (χ1v) is 12.4. The summed E-state index contributed by atoms with van der Waals surface area (Å²) in [6.45, 7) is 6.87. The molecule has 168 valence electrons. The van der Waals surface area contributed by atoms with Crippen molar-refractivity contribution in [2.75, 3.05) is 12.3 Å². The molecule has 1 atom stereocenters. The Labute approximate surface area is 199 Å². The van der Waals surface area contributed by atoms with Crippen molar-refractivity contribution in [3.63, 3.8) is 0 Å². The molecular formula is C24H30Cl2N2O2S. The first-order chi connectivity index (χ1) is 14.8. The van der Waals surface area contributed by atoms with Crippen LogP contribution in [0.2, 0.25) is 10.0 Å². The molecule has 0 aliphatic carbocycles. The van der Waals surface area contributed by atoms with Crippen LogP contribution in [0.5, 0.6) is 0 Å². The van der Waals surface area contributed by atoms with E-state index in [0.717, 1.165) is 17.7 Å². The molecule has 0 saturated carbocycles. The summed E-state index contributed by atoms with van der Waals surface area (Å²) < 4.78 is 0. The van der Waals surface area contributed by atoms with Gasteiger partial charge in [-0.15, -0.1) is 11.8 Å². The van der Waals surface area contributed by atoms with Crippen LogP contribution in [0.3, 0.4) is 0 Å². The van der Waals surface area contributed by atoms with E-state index < -0.39 is 6.04 Å². The summed E-state index contributed by atoms with van der Waals surface area (Å²) in [6.07, 6.45) is 1.38. The van der Waals surface area contributed by atoms with E-state index in [1.807, 2.05) is 19.9 Å². The van der Waals surface area contributed by atoms with Crippen LogP contribution in [-0.2, 0) is 21.9 Å². The number of carbonyl (C=O) groups is 2. The summed E-state index contributed by atoms with van der Waals surface area (Å²) in [7, 11) is 0. The predicted octanol–water partition coefficient (Wildman–Crippen LogP) is 5.87. The van der Waals surface area contributed by atoms with Crippen LogP contribution in [0.1, 0.15) is 43.4 Å². The van der Waals surface area contributed by atoms with Crippen molar-refractivity contribution in [2.24, 2.45) is 0 Å². The fraction of sp³-hybridized carbons (Fsp3) is 0.417. The highest BCUT2D eigenvalue weighted by atomic mass is 35.5. The molecule has 0 aromatic heterocycles. The Morgan fingerprint density at radius 1 is 1.03 bits per heavy atom. The lowest BCUT2D eigenvalue weighted by atomic mass is 10.1. The van der Waals surface area contributed by atoms with Gasteiger partial charge in [-0.1, -0.05) is 72.9 Å². The number of nitrogens with one attached hydrogen (secondary N) is 1. The minimum Gasteiger partial charge on any atom is -0.354 e. The van der Waals surface area contributed by atoms with Crippen LogP contribution in [0, 0.1) is 6.92 Å². The largest absolute Gasteiger partial charge is 0.354 e. The molecule has 31 heavy (non-hydrogen) atoms. The van der Waals surface area contributed by atoms with Gasteiger partial charge in [0.2, 0.25) is 11.8 Å². The number of hydrogen-bond acceptors (Lipinski definition) is 3. The van der Waals surface area contributed by atoms with Gasteiger partial charge in [0.1, 0.15) is 6.04 Å². The Bertz CT molecular complexity index is 874. The number of carbonyl (C=O) groups excluding carboxylic acids is 2. The van der Waals surface area contributed by atoms with Gasteiger partial charge in [-0.2, -0.15) is 0 Å². The molecule has 0 radical (unpaired) electrons. The van der Waals surface area contributed by atoms with E-state index >= 15 is 0 Å². The van der Waals surface area contributed by atoms with Gasteiger partial charge < -0.3 is 10.2 Å². The monoisotopic (exact) mass is 480 g/mol. The molecule has 7 heteroatoms. The van der Waals surface area contributed by atoms with Crippen molar-refractivity contribution in [1.29, 1.82) is 0 Å². The third-order valence-electron chi connectivity index (χ3n) is 4.89. The van der Waals surface area contributed by atoms with E-state index in [4.69, 9.17) is 23.2 Å². The summed E-state index contributed by atoms with van der Waals surface area (Å²) in [5.74, 6) is 0.848. The van der Waals surface area contributed by atoms with E-state index in [0.29, 0.717) is 35.3 Å². The summed E-state index contributed by atoms with van der Waals surface area (Å²) >= 11 is 13.8. The lowest BCUT2D eigenvalue weighted by Gasteiger charge is -2.30.